The van der Waals surface area contributed by atoms with Gasteiger partial charge in [-0.05, 0) is 36.4 Å². The average molecular weight is 445 g/mol. The highest BCUT2D eigenvalue weighted by molar-refractivity contribution is 7.15. The lowest BCUT2D eigenvalue weighted by atomic mass is 10.2. The van der Waals surface area contributed by atoms with E-state index in [1.54, 1.807) is 11.5 Å². The van der Waals surface area contributed by atoms with Crippen molar-refractivity contribution in [1.29, 1.82) is 0 Å². The highest BCUT2D eigenvalue weighted by atomic mass is 32.1. The molecule has 0 radical (unpaired) electrons. The van der Waals surface area contributed by atoms with E-state index in [2.05, 4.69) is 4.98 Å². The fourth-order valence-electron chi connectivity index (χ4n) is 3.53. The van der Waals surface area contributed by atoms with Crippen molar-refractivity contribution < 1.29 is 14.2 Å². The predicted octanol–water partition coefficient (Wildman–Crippen LogP) is 3.92. The third kappa shape index (κ3) is 3.78. The number of ether oxygens (including phenoxy) is 3. The molecular formula is C25H20N2O4S. The zero-order valence-corrected chi connectivity index (χ0v) is 18.2. The van der Waals surface area contributed by atoms with Gasteiger partial charge in [0.05, 0.1) is 22.7 Å². The van der Waals surface area contributed by atoms with E-state index < -0.39 is 0 Å². The van der Waals surface area contributed by atoms with Gasteiger partial charge in [-0.15, -0.1) is 0 Å². The molecule has 2 heterocycles. The van der Waals surface area contributed by atoms with Gasteiger partial charge in [0, 0.05) is 5.56 Å². The van der Waals surface area contributed by atoms with E-state index in [0.717, 1.165) is 16.6 Å². The Balaban J connectivity index is 1.37. The van der Waals surface area contributed by atoms with Crippen molar-refractivity contribution in [2.24, 2.45) is 0 Å². The van der Waals surface area contributed by atoms with Crippen molar-refractivity contribution in [3.8, 4) is 17.2 Å². The fourth-order valence-corrected chi connectivity index (χ4v) is 4.50. The molecule has 0 spiro atoms. The third-order valence-corrected chi connectivity index (χ3v) is 5.99. The lowest BCUT2D eigenvalue weighted by molar-refractivity contribution is 0.211. The molecular weight excluding hydrogens is 424 g/mol. The van der Waals surface area contributed by atoms with Crippen LogP contribution in [0.3, 0.4) is 0 Å². The van der Waals surface area contributed by atoms with E-state index in [1.807, 2.05) is 78.9 Å². The maximum absolute atomic E-state index is 13.0. The van der Waals surface area contributed by atoms with Crippen LogP contribution >= 0.6 is 11.3 Å². The zero-order valence-electron chi connectivity index (χ0n) is 17.4. The molecule has 0 aliphatic rings. The molecule has 0 atom stereocenters. The van der Waals surface area contributed by atoms with Crippen LogP contribution in [0.4, 0.5) is 0 Å². The lowest BCUT2D eigenvalue weighted by Gasteiger charge is -2.12. The van der Waals surface area contributed by atoms with Crippen LogP contribution in [0.5, 0.6) is 17.2 Å². The molecule has 0 unspecified atom stereocenters. The lowest BCUT2D eigenvalue weighted by Crippen LogP contribution is -2.22. The van der Waals surface area contributed by atoms with Crippen LogP contribution in [0.1, 0.15) is 5.56 Å². The first-order valence-electron chi connectivity index (χ1n) is 10.1. The Morgan fingerprint density at radius 1 is 0.875 bits per heavy atom. The first-order chi connectivity index (χ1) is 15.7. The second-order valence-corrected chi connectivity index (χ2v) is 8.03. The van der Waals surface area contributed by atoms with Crippen molar-refractivity contribution in [1.82, 2.24) is 9.38 Å². The van der Waals surface area contributed by atoms with Crippen molar-refractivity contribution in [3.63, 3.8) is 0 Å². The molecule has 7 heteroatoms. The van der Waals surface area contributed by atoms with Crippen LogP contribution in [0.15, 0.2) is 77.6 Å². The quantitative estimate of drug-likeness (QED) is 0.356. The van der Waals surface area contributed by atoms with Gasteiger partial charge in [0.2, 0.25) is 0 Å². The van der Waals surface area contributed by atoms with Gasteiger partial charge < -0.3 is 14.2 Å². The number of para-hydroxylation sites is 5. The molecule has 0 N–H and O–H groups in total. The summed E-state index contributed by atoms with van der Waals surface area (Å²) >= 11 is 1.37. The number of rotatable bonds is 7. The molecule has 0 saturated heterocycles. The minimum Gasteiger partial charge on any atom is -0.493 e. The molecule has 5 rings (SSSR count). The highest BCUT2D eigenvalue weighted by Crippen LogP contribution is 2.26. The number of hydrogen-bond donors (Lipinski definition) is 0. The van der Waals surface area contributed by atoms with Crippen LogP contribution in [-0.2, 0) is 0 Å². The molecule has 0 bridgehead atoms. The van der Waals surface area contributed by atoms with Gasteiger partial charge in [-0.1, -0.05) is 53.8 Å². The molecule has 6 nitrogen and oxygen atoms in total. The number of methoxy groups -OCH3 is 1. The van der Waals surface area contributed by atoms with Crippen molar-refractivity contribution in [2.75, 3.05) is 20.3 Å². The third-order valence-electron chi connectivity index (χ3n) is 5.02. The predicted molar refractivity (Wildman–Crippen MR) is 126 cm³/mol. The Bertz CT molecular complexity index is 1510. The summed E-state index contributed by atoms with van der Waals surface area (Å²) in [5, 5.41) is 0. The van der Waals surface area contributed by atoms with E-state index in [-0.39, 0.29) is 5.56 Å². The number of imidazole rings is 1. The average Bonchev–Trinajstić information content (AvgIpc) is 3.34. The summed E-state index contributed by atoms with van der Waals surface area (Å²) in [6.45, 7) is 0.714. The largest absolute Gasteiger partial charge is 0.493 e. The second kappa shape index (κ2) is 8.72. The topological polar surface area (TPSA) is 62.1 Å². The highest BCUT2D eigenvalue weighted by Gasteiger charge is 2.11. The molecule has 0 aliphatic carbocycles. The summed E-state index contributed by atoms with van der Waals surface area (Å²) in [6, 6.07) is 22.8. The van der Waals surface area contributed by atoms with Crippen molar-refractivity contribution >= 4 is 33.4 Å². The Labute approximate surface area is 187 Å². The smallest absolute Gasteiger partial charge is 0.274 e. The van der Waals surface area contributed by atoms with E-state index in [4.69, 9.17) is 14.2 Å². The van der Waals surface area contributed by atoms with Crippen LogP contribution in [0.25, 0.3) is 22.1 Å². The normalized spacial score (nSPS) is 11.8. The van der Waals surface area contributed by atoms with Crippen LogP contribution in [0.2, 0.25) is 0 Å². The number of fused-ring (bicyclic) bond motifs is 3. The first kappa shape index (κ1) is 20.1. The zero-order chi connectivity index (χ0) is 21.9. The Morgan fingerprint density at radius 3 is 2.34 bits per heavy atom. The van der Waals surface area contributed by atoms with Gasteiger partial charge in [0.25, 0.3) is 5.56 Å². The standard InChI is InChI=1S/C25H20N2O4S/c1-29-21-12-6-7-13-22(21)31-15-14-30-20-11-5-2-8-17(20)16-23-24(28)27-19-10-4-3-9-18(19)26-25(27)32-23/h2-13,16H,14-15H2,1H3/b23-16-. The number of aromatic nitrogens is 2. The molecule has 2 aromatic heterocycles. The minimum atomic E-state index is -0.0759. The molecule has 5 aromatic rings. The van der Waals surface area contributed by atoms with E-state index >= 15 is 0 Å². The van der Waals surface area contributed by atoms with Gasteiger partial charge in [-0.3, -0.25) is 4.79 Å². The van der Waals surface area contributed by atoms with E-state index in [1.165, 1.54) is 11.3 Å². The maximum Gasteiger partial charge on any atom is 0.274 e. The summed E-state index contributed by atoms with van der Waals surface area (Å²) in [4.78, 5) is 18.3. The minimum absolute atomic E-state index is 0.0759. The summed E-state index contributed by atoms with van der Waals surface area (Å²) in [7, 11) is 1.61. The Hall–Kier alpha value is -3.84. The first-order valence-corrected chi connectivity index (χ1v) is 11.0. The molecule has 3 aromatic carbocycles. The molecule has 0 aliphatic heterocycles. The summed E-state index contributed by atoms with van der Waals surface area (Å²) in [5.41, 5.74) is 2.39. The Kier molecular flexibility index (Phi) is 5.47. The summed E-state index contributed by atoms with van der Waals surface area (Å²) in [6.07, 6.45) is 1.85. The van der Waals surface area contributed by atoms with Crippen molar-refractivity contribution in [3.05, 3.63) is 93.2 Å². The van der Waals surface area contributed by atoms with Gasteiger partial charge in [-0.2, -0.15) is 0 Å². The molecule has 160 valence electrons. The van der Waals surface area contributed by atoms with Gasteiger partial charge >= 0.3 is 0 Å². The maximum atomic E-state index is 13.0. The van der Waals surface area contributed by atoms with E-state index in [0.29, 0.717) is 40.0 Å². The molecule has 0 fully saturated rings. The fraction of sp³-hybridized carbons (Fsp3) is 0.120. The molecule has 0 amide bonds. The summed E-state index contributed by atoms with van der Waals surface area (Å²) in [5.74, 6) is 2.04. The van der Waals surface area contributed by atoms with Crippen LogP contribution in [-0.4, -0.2) is 29.7 Å². The summed E-state index contributed by atoms with van der Waals surface area (Å²) < 4.78 is 19.3. The number of nitrogens with zero attached hydrogens (tertiary/aromatic N) is 2. The van der Waals surface area contributed by atoms with Crippen LogP contribution in [0, 0.1) is 0 Å². The monoisotopic (exact) mass is 444 g/mol. The van der Waals surface area contributed by atoms with Gasteiger partial charge in [0.15, 0.2) is 16.5 Å². The number of hydrogen-bond acceptors (Lipinski definition) is 6. The number of thiazole rings is 1. The molecule has 0 saturated carbocycles. The van der Waals surface area contributed by atoms with Crippen LogP contribution < -0.4 is 24.3 Å². The van der Waals surface area contributed by atoms with Gasteiger partial charge in [-0.25, -0.2) is 9.38 Å². The molecule has 32 heavy (non-hydrogen) atoms. The Morgan fingerprint density at radius 2 is 1.53 bits per heavy atom. The van der Waals surface area contributed by atoms with Gasteiger partial charge in [0.1, 0.15) is 19.0 Å². The number of benzene rings is 3. The SMILES string of the molecule is COc1ccccc1OCCOc1ccccc1/C=c1\sc2nc3ccccc3n2c1=O. The van der Waals surface area contributed by atoms with E-state index in [9.17, 15) is 4.79 Å². The second-order valence-electron chi connectivity index (χ2n) is 7.02. The van der Waals surface area contributed by atoms with Crippen molar-refractivity contribution in [2.45, 2.75) is 0 Å².